The smallest absolute Gasteiger partial charge is 0.271 e. The molecular weight excluding hydrogens is 414 g/mol. The molecule has 0 saturated heterocycles. The summed E-state index contributed by atoms with van der Waals surface area (Å²) < 4.78 is 27.0. The number of hydrogen-bond acceptors (Lipinski definition) is 6. The van der Waals surface area contributed by atoms with Gasteiger partial charge in [-0.3, -0.25) is 4.79 Å². The highest BCUT2D eigenvalue weighted by molar-refractivity contribution is 7.88. The third kappa shape index (κ3) is 5.48. The molecule has 2 aromatic heterocycles. The van der Waals surface area contributed by atoms with E-state index in [1.807, 2.05) is 29.6 Å². The monoisotopic (exact) mass is 435 g/mol. The highest BCUT2D eigenvalue weighted by atomic mass is 32.2. The zero-order valence-corrected chi connectivity index (χ0v) is 18.0. The Balaban J connectivity index is 1.67. The fourth-order valence-corrected chi connectivity index (χ4v) is 5.74. The maximum atomic E-state index is 12.4. The van der Waals surface area contributed by atoms with Crippen molar-refractivity contribution in [3.05, 3.63) is 64.0 Å². The number of carbonyl (C=O) groups is 1. The number of rotatable bonds is 8. The van der Waals surface area contributed by atoms with Crippen molar-refractivity contribution in [1.29, 1.82) is 0 Å². The Labute approximate surface area is 172 Å². The van der Waals surface area contributed by atoms with Crippen molar-refractivity contribution in [1.82, 2.24) is 15.0 Å². The Kier molecular flexibility index (Phi) is 6.61. The van der Waals surface area contributed by atoms with Crippen LogP contribution in [-0.4, -0.2) is 25.4 Å². The Hall–Kier alpha value is -2.07. The standard InChI is InChI=1S/C19H21N3O3S3/c1-13(2)22-28(24,25)12-15-7-4-3-6-14(15)10-20-18(23)16-11-27-19(21-16)17-8-5-9-26-17/h3-9,11,13,22H,10,12H2,1-2H3,(H,20,23). The average Bonchev–Trinajstić information content (AvgIpc) is 3.30. The molecule has 28 heavy (non-hydrogen) atoms. The second-order valence-corrected chi connectivity index (χ2v) is 10.1. The van der Waals surface area contributed by atoms with Gasteiger partial charge in [-0.25, -0.2) is 18.1 Å². The van der Waals surface area contributed by atoms with E-state index in [1.54, 1.807) is 42.7 Å². The number of benzene rings is 1. The summed E-state index contributed by atoms with van der Waals surface area (Å²) in [5.41, 5.74) is 1.78. The molecule has 6 nitrogen and oxygen atoms in total. The lowest BCUT2D eigenvalue weighted by Crippen LogP contribution is -2.32. The minimum absolute atomic E-state index is 0.129. The SMILES string of the molecule is CC(C)NS(=O)(=O)Cc1ccccc1CNC(=O)c1csc(-c2cccs2)n1. The van der Waals surface area contributed by atoms with E-state index in [0.29, 0.717) is 11.3 Å². The zero-order valence-electron chi connectivity index (χ0n) is 15.5. The fraction of sp³-hybridized carbons (Fsp3) is 0.263. The maximum Gasteiger partial charge on any atom is 0.271 e. The van der Waals surface area contributed by atoms with Crippen LogP contribution in [0.5, 0.6) is 0 Å². The molecule has 0 fully saturated rings. The zero-order chi connectivity index (χ0) is 20.1. The van der Waals surface area contributed by atoms with E-state index >= 15 is 0 Å². The summed E-state index contributed by atoms with van der Waals surface area (Å²) in [5, 5.41) is 7.34. The first kappa shape index (κ1) is 20.7. The summed E-state index contributed by atoms with van der Waals surface area (Å²) in [5.74, 6) is -0.409. The van der Waals surface area contributed by atoms with Crippen LogP contribution in [0.3, 0.4) is 0 Å². The van der Waals surface area contributed by atoms with Crippen molar-refractivity contribution in [2.75, 3.05) is 0 Å². The van der Waals surface area contributed by atoms with Crippen LogP contribution < -0.4 is 10.0 Å². The first-order valence-corrected chi connectivity index (χ1v) is 12.1. The van der Waals surface area contributed by atoms with Crippen LogP contribution in [0.15, 0.2) is 47.2 Å². The van der Waals surface area contributed by atoms with E-state index in [-0.39, 0.29) is 24.2 Å². The van der Waals surface area contributed by atoms with Gasteiger partial charge in [0.25, 0.3) is 5.91 Å². The third-order valence-corrected chi connectivity index (χ3v) is 7.19. The number of amides is 1. The van der Waals surface area contributed by atoms with Gasteiger partial charge in [0.05, 0.1) is 10.6 Å². The number of nitrogens with one attached hydrogen (secondary N) is 2. The fourth-order valence-electron chi connectivity index (χ4n) is 2.63. The number of nitrogens with zero attached hydrogens (tertiary/aromatic N) is 1. The second-order valence-electron chi connectivity index (χ2n) is 6.50. The van der Waals surface area contributed by atoms with Gasteiger partial charge in [0, 0.05) is 18.0 Å². The van der Waals surface area contributed by atoms with Gasteiger partial charge in [0.15, 0.2) is 0 Å². The van der Waals surface area contributed by atoms with E-state index in [2.05, 4.69) is 15.0 Å². The summed E-state index contributed by atoms with van der Waals surface area (Å²) in [4.78, 5) is 17.9. The predicted molar refractivity (Wildman–Crippen MR) is 114 cm³/mol. The molecule has 1 amide bonds. The quantitative estimate of drug-likeness (QED) is 0.566. The molecule has 0 saturated carbocycles. The summed E-state index contributed by atoms with van der Waals surface area (Å²) in [6.45, 7) is 3.79. The van der Waals surface area contributed by atoms with E-state index in [9.17, 15) is 13.2 Å². The summed E-state index contributed by atoms with van der Waals surface area (Å²) in [6.07, 6.45) is 0. The lowest BCUT2D eigenvalue weighted by atomic mass is 10.1. The van der Waals surface area contributed by atoms with Gasteiger partial charge in [0.2, 0.25) is 10.0 Å². The molecule has 3 rings (SSSR count). The van der Waals surface area contributed by atoms with Crippen LogP contribution in [0, 0.1) is 0 Å². The van der Waals surface area contributed by atoms with Crippen molar-refractivity contribution in [2.24, 2.45) is 0 Å². The van der Waals surface area contributed by atoms with Crippen molar-refractivity contribution in [3.8, 4) is 9.88 Å². The van der Waals surface area contributed by atoms with Gasteiger partial charge in [0.1, 0.15) is 10.7 Å². The Morgan fingerprint density at radius 1 is 1.11 bits per heavy atom. The van der Waals surface area contributed by atoms with Gasteiger partial charge in [-0.05, 0) is 36.4 Å². The summed E-state index contributed by atoms with van der Waals surface area (Å²) >= 11 is 3.00. The molecule has 3 aromatic rings. The average molecular weight is 436 g/mol. The normalized spacial score (nSPS) is 11.7. The molecule has 0 aliphatic rings. The van der Waals surface area contributed by atoms with Crippen molar-refractivity contribution < 1.29 is 13.2 Å². The molecule has 0 bridgehead atoms. The highest BCUT2D eigenvalue weighted by Gasteiger charge is 2.17. The van der Waals surface area contributed by atoms with Gasteiger partial charge in [-0.1, -0.05) is 30.3 Å². The van der Waals surface area contributed by atoms with Crippen LogP contribution >= 0.6 is 22.7 Å². The van der Waals surface area contributed by atoms with Crippen LogP contribution in [0.1, 0.15) is 35.5 Å². The van der Waals surface area contributed by atoms with Crippen LogP contribution in [0.2, 0.25) is 0 Å². The Morgan fingerprint density at radius 2 is 1.86 bits per heavy atom. The summed E-state index contributed by atoms with van der Waals surface area (Å²) in [6, 6.07) is 10.9. The molecule has 0 aliphatic heterocycles. The van der Waals surface area contributed by atoms with E-state index in [4.69, 9.17) is 0 Å². The topological polar surface area (TPSA) is 88.2 Å². The first-order valence-electron chi connectivity index (χ1n) is 8.68. The van der Waals surface area contributed by atoms with Gasteiger partial charge >= 0.3 is 0 Å². The van der Waals surface area contributed by atoms with Gasteiger partial charge in [-0.15, -0.1) is 22.7 Å². The van der Waals surface area contributed by atoms with E-state index in [0.717, 1.165) is 15.4 Å². The van der Waals surface area contributed by atoms with Gasteiger partial charge in [-0.2, -0.15) is 0 Å². The number of aromatic nitrogens is 1. The lowest BCUT2D eigenvalue weighted by Gasteiger charge is -2.13. The molecule has 0 radical (unpaired) electrons. The number of carbonyl (C=O) groups excluding carboxylic acids is 1. The number of hydrogen-bond donors (Lipinski definition) is 2. The van der Waals surface area contributed by atoms with Crippen LogP contribution in [0.4, 0.5) is 0 Å². The first-order chi connectivity index (χ1) is 13.3. The molecule has 0 spiro atoms. The van der Waals surface area contributed by atoms with Crippen molar-refractivity contribution in [3.63, 3.8) is 0 Å². The van der Waals surface area contributed by atoms with Gasteiger partial charge < -0.3 is 5.32 Å². The minimum atomic E-state index is -3.44. The molecule has 148 valence electrons. The molecular formula is C19H21N3O3S3. The number of sulfonamides is 1. The number of thiazole rings is 1. The molecule has 0 aliphatic carbocycles. The molecule has 2 heterocycles. The Bertz CT molecular complexity index is 1040. The molecule has 0 unspecified atom stereocenters. The molecule has 1 aromatic carbocycles. The van der Waals surface area contributed by atoms with Crippen LogP contribution in [-0.2, 0) is 22.3 Å². The Morgan fingerprint density at radius 3 is 2.54 bits per heavy atom. The highest BCUT2D eigenvalue weighted by Crippen LogP contribution is 2.27. The largest absolute Gasteiger partial charge is 0.347 e. The van der Waals surface area contributed by atoms with Crippen molar-refractivity contribution in [2.45, 2.75) is 32.2 Å². The number of thiophene rings is 1. The molecule has 9 heteroatoms. The predicted octanol–water partition coefficient (Wildman–Crippen LogP) is 3.63. The third-order valence-electron chi connectivity index (χ3n) is 3.79. The summed E-state index contributed by atoms with van der Waals surface area (Å²) in [7, 11) is -3.44. The van der Waals surface area contributed by atoms with Crippen LogP contribution in [0.25, 0.3) is 9.88 Å². The molecule has 2 N–H and O–H groups in total. The van der Waals surface area contributed by atoms with Crippen molar-refractivity contribution >= 4 is 38.6 Å². The lowest BCUT2D eigenvalue weighted by molar-refractivity contribution is 0.0946. The molecule has 0 atom stereocenters. The second kappa shape index (κ2) is 8.95. The maximum absolute atomic E-state index is 12.4. The van der Waals surface area contributed by atoms with E-state index < -0.39 is 10.0 Å². The minimum Gasteiger partial charge on any atom is -0.347 e. The van der Waals surface area contributed by atoms with E-state index in [1.165, 1.54) is 11.3 Å².